The molecule has 1 aliphatic rings. The quantitative estimate of drug-likeness (QED) is 0.438. The first-order valence-electron chi connectivity index (χ1n) is 5.29. The molecule has 0 fully saturated rings. The van der Waals surface area contributed by atoms with Gasteiger partial charge in [-0.05, 0) is 0 Å². The molecule has 1 aliphatic heterocycles. The van der Waals surface area contributed by atoms with Crippen molar-refractivity contribution in [2.75, 3.05) is 18.6 Å². The molecule has 1 aromatic rings. The van der Waals surface area contributed by atoms with Gasteiger partial charge in [-0.1, -0.05) is 11.6 Å². The van der Waals surface area contributed by atoms with E-state index in [0.717, 1.165) is 0 Å². The molecule has 0 spiro atoms. The molecule has 0 atom stereocenters. The Morgan fingerprint density at radius 3 is 2.63 bits per heavy atom. The topological polar surface area (TPSA) is 117 Å². The van der Waals surface area contributed by atoms with E-state index in [2.05, 4.69) is 10.5 Å². The third-order valence-electron chi connectivity index (χ3n) is 2.28. The van der Waals surface area contributed by atoms with Crippen LogP contribution in [0.4, 0.5) is 5.69 Å². The van der Waals surface area contributed by atoms with Gasteiger partial charge >= 0.3 is 0 Å². The van der Waals surface area contributed by atoms with Crippen LogP contribution in [0.3, 0.4) is 0 Å². The van der Waals surface area contributed by atoms with E-state index in [9.17, 15) is 0 Å². The van der Waals surface area contributed by atoms with E-state index >= 15 is 0 Å². The number of nitriles is 1. The number of nitrogens with one attached hydrogen (secondary N) is 2. The van der Waals surface area contributed by atoms with Crippen LogP contribution in [0.5, 0.6) is 11.5 Å². The monoisotopic (exact) mass is 279 g/mol. The van der Waals surface area contributed by atoms with Gasteiger partial charge in [0.25, 0.3) is 0 Å². The van der Waals surface area contributed by atoms with Crippen LogP contribution < -0.4 is 20.6 Å². The molecule has 1 heterocycles. The number of anilines is 1. The lowest BCUT2D eigenvalue weighted by molar-refractivity contribution is 0.171. The van der Waals surface area contributed by atoms with Crippen molar-refractivity contribution in [3.8, 4) is 17.6 Å². The van der Waals surface area contributed by atoms with Gasteiger partial charge in [0.2, 0.25) is 5.71 Å². The number of fused-ring (bicyclic) bond motifs is 1. The standard InChI is InChI=1S/C11H10ClN5O2/c12-6-3-9-10(19-2-1-18-9)4-7(6)16-17-8(5-13)11(14)15/h3-4,16H,1-2H2,(H3,14,15)/b17-8+. The van der Waals surface area contributed by atoms with Gasteiger partial charge in [-0.3, -0.25) is 10.8 Å². The predicted molar refractivity (Wildman–Crippen MR) is 71.0 cm³/mol. The van der Waals surface area contributed by atoms with Crippen molar-refractivity contribution in [3.05, 3.63) is 17.2 Å². The van der Waals surface area contributed by atoms with Crippen LogP contribution in [0.25, 0.3) is 0 Å². The Bertz CT molecular complexity index is 593. The maximum Gasteiger partial charge on any atom is 0.201 e. The third-order valence-corrected chi connectivity index (χ3v) is 2.59. The van der Waals surface area contributed by atoms with Gasteiger partial charge in [0, 0.05) is 12.1 Å². The molecule has 0 saturated heterocycles. The fraction of sp³-hybridized carbons (Fsp3) is 0.182. The maximum absolute atomic E-state index is 8.72. The van der Waals surface area contributed by atoms with Gasteiger partial charge in [-0.15, -0.1) is 0 Å². The number of hydrogen-bond donors (Lipinski definition) is 3. The number of nitrogens with two attached hydrogens (primary N) is 1. The van der Waals surface area contributed by atoms with Crippen LogP contribution in [-0.4, -0.2) is 24.8 Å². The lowest BCUT2D eigenvalue weighted by Crippen LogP contribution is -2.22. The third kappa shape index (κ3) is 2.86. The Labute approximate surface area is 114 Å². The zero-order valence-electron chi connectivity index (χ0n) is 9.74. The summed E-state index contributed by atoms with van der Waals surface area (Å²) in [5.74, 6) is 0.663. The Balaban J connectivity index is 2.26. The van der Waals surface area contributed by atoms with Crippen molar-refractivity contribution < 1.29 is 9.47 Å². The van der Waals surface area contributed by atoms with Crippen molar-refractivity contribution in [2.24, 2.45) is 10.8 Å². The van der Waals surface area contributed by atoms with Gasteiger partial charge in [0.15, 0.2) is 17.3 Å². The summed E-state index contributed by atoms with van der Waals surface area (Å²) in [5, 5.41) is 19.9. The number of nitrogens with zero attached hydrogens (tertiary/aromatic N) is 2. The first kappa shape index (κ1) is 13.0. The zero-order chi connectivity index (χ0) is 13.8. The van der Waals surface area contributed by atoms with Crippen LogP contribution in [0.15, 0.2) is 17.2 Å². The molecule has 7 nitrogen and oxygen atoms in total. The van der Waals surface area contributed by atoms with Crippen LogP contribution >= 0.6 is 11.6 Å². The largest absolute Gasteiger partial charge is 0.486 e. The SMILES string of the molecule is N#C/C(=N\Nc1cc2c(cc1Cl)OCCO2)C(=N)N. The minimum Gasteiger partial charge on any atom is -0.486 e. The lowest BCUT2D eigenvalue weighted by atomic mass is 10.2. The van der Waals surface area contributed by atoms with Gasteiger partial charge in [0.1, 0.15) is 19.3 Å². The second kappa shape index (κ2) is 5.46. The Hall–Kier alpha value is -2.46. The number of ether oxygens (including phenoxy) is 2. The van der Waals surface area contributed by atoms with Gasteiger partial charge < -0.3 is 15.2 Å². The highest BCUT2D eigenvalue weighted by Gasteiger charge is 2.15. The molecule has 0 aliphatic carbocycles. The lowest BCUT2D eigenvalue weighted by Gasteiger charge is -2.19. The predicted octanol–water partition coefficient (Wildman–Crippen LogP) is 1.34. The highest BCUT2D eigenvalue weighted by molar-refractivity contribution is 6.46. The first-order chi connectivity index (χ1) is 9.11. The molecule has 4 N–H and O–H groups in total. The molecule has 0 radical (unpaired) electrons. The zero-order valence-corrected chi connectivity index (χ0v) is 10.5. The summed E-state index contributed by atoms with van der Waals surface area (Å²) in [7, 11) is 0. The van der Waals surface area contributed by atoms with Crippen molar-refractivity contribution in [1.29, 1.82) is 10.7 Å². The molecular weight excluding hydrogens is 270 g/mol. The maximum atomic E-state index is 8.72. The number of halogens is 1. The van der Waals surface area contributed by atoms with Crippen molar-refractivity contribution in [2.45, 2.75) is 0 Å². The minimum absolute atomic E-state index is 0.231. The average molecular weight is 280 g/mol. The fourth-order valence-electron chi connectivity index (χ4n) is 1.41. The van der Waals surface area contributed by atoms with E-state index in [0.29, 0.717) is 35.4 Å². The summed E-state index contributed by atoms with van der Waals surface area (Å²) in [6.45, 7) is 0.922. The molecule has 98 valence electrons. The average Bonchev–Trinajstić information content (AvgIpc) is 2.39. The normalized spacial score (nSPS) is 13.6. The molecule has 8 heteroatoms. The minimum atomic E-state index is -0.427. The van der Waals surface area contributed by atoms with Crippen molar-refractivity contribution in [1.82, 2.24) is 0 Å². The Morgan fingerprint density at radius 2 is 2.05 bits per heavy atom. The van der Waals surface area contributed by atoms with E-state index in [1.807, 2.05) is 0 Å². The number of benzene rings is 1. The molecule has 0 aromatic heterocycles. The highest BCUT2D eigenvalue weighted by Crippen LogP contribution is 2.37. The molecular formula is C11H10ClN5O2. The molecule has 0 amide bonds. The molecule has 1 aromatic carbocycles. The molecule has 0 saturated carbocycles. The van der Waals surface area contributed by atoms with Gasteiger partial charge in [0.05, 0.1) is 10.7 Å². The summed E-state index contributed by atoms with van der Waals surface area (Å²) in [6, 6.07) is 4.89. The molecule has 0 bridgehead atoms. The molecule has 0 unspecified atom stereocenters. The molecule has 2 rings (SSSR count). The van der Waals surface area contributed by atoms with Crippen LogP contribution in [0, 0.1) is 16.7 Å². The number of hydrogen-bond acceptors (Lipinski definition) is 6. The van der Waals surface area contributed by atoms with Crippen molar-refractivity contribution in [3.63, 3.8) is 0 Å². The Morgan fingerprint density at radius 1 is 1.42 bits per heavy atom. The van der Waals surface area contributed by atoms with Crippen LogP contribution in [0.2, 0.25) is 5.02 Å². The van der Waals surface area contributed by atoms with E-state index in [1.165, 1.54) is 0 Å². The van der Waals surface area contributed by atoms with E-state index in [-0.39, 0.29) is 5.71 Å². The summed E-state index contributed by atoms with van der Waals surface area (Å²) in [6.07, 6.45) is 0. The number of amidine groups is 1. The van der Waals surface area contributed by atoms with Gasteiger partial charge in [-0.25, -0.2) is 0 Å². The van der Waals surface area contributed by atoms with E-state index in [1.54, 1.807) is 18.2 Å². The van der Waals surface area contributed by atoms with Crippen LogP contribution in [0.1, 0.15) is 0 Å². The Kier molecular flexibility index (Phi) is 3.73. The first-order valence-corrected chi connectivity index (χ1v) is 5.67. The van der Waals surface area contributed by atoms with Crippen LogP contribution in [-0.2, 0) is 0 Å². The van der Waals surface area contributed by atoms with E-state index < -0.39 is 5.84 Å². The summed E-state index contributed by atoms with van der Waals surface area (Å²) in [5.41, 5.74) is 7.95. The second-order valence-electron chi connectivity index (χ2n) is 3.57. The summed E-state index contributed by atoms with van der Waals surface area (Å²) >= 11 is 6.03. The van der Waals surface area contributed by atoms with Gasteiger partial charge in [-0.2, -0.15) is 10.4 Å². The van der Waals surface area contributed by atoms with E-state index in [4.69, 9.17) is 37.5 Å². The smallest absolute Gasteiger partial charge is 0.201 e. The summed E-state index contributed by atoms with van der Waals surface area (Å²) in [4.78, 5) is 0. The second-order valence-corrected chi connectivity index (χ2v) is 3.98. The fourth-order valence-corrected chi connectivity index (χ4v) is 1.61. The number of rotatable bonds is 3. The number of hydrazone groups is 1. The highest BCUT2D eigenvalue weighted by atomic mass is 35.5. The summed E-state index contributed by atoms with van der Waals surface area (Å²) < 4.78 is 10.8. The van der Waals surface area contributed by atoms with Crippen molar-refractivity contribution >= 4 is 28.8 Å². The molecule has 19 heavy (non-hydrogen) atoms.